The molecule has 194 valence electrons. The molecule has 2 aromatic rings. The minimum Gasteiger partial charge on any atom is -0.118 e. The number of alkyl halides is 8. The van der Waals surface area contributed by atoms with Crippen LogP contribution in [0.5, 0.6) is 0 Å². The Bertz CT molecular complexity index is 1150. The molecule has 1 saturated carbocycles. The summed E-state index contributed by atoms with van der Waals surface area (Å²) in [5, 5.41) is 1.40. The normalized spacial score (nSPS) is 32.1. The summed E-state index contributed by atoms with van der Waals surface area (Å²) in [6.45, 7) is 0. The second-order valence-electron chi connectivity index (χ2n) is 8.58. The predicted molar refractivity (Wildman–Crippen MR) is 161 cm³/mol. The molecule has 0 nitrogen and oxygen atoms in total. The standard InChI is InChI=1S/C14H9Cl5.C10H5Cl7/c15-11-5-1-9(2-6-11)13(14(17,18)19)10-3-7-12(16)8-4-10;11-4-2-1-3-5(4)9(15)7(13)6(12)8(3,14)10(9,16)17/h1-8,13H;1-5H. The SMILES string of the molecule is ClC1=C(Cl)C2(Cl)C3C(Cl)C=CC3C1(Cl)C2(Cl)Cl.Clc1ccc(C(c2ccc(Cl)cc2)C(Cl)(Cl)Cl)cc1. The van der Waals surface area contributed by atoms with Crippen molar-refractivity contribution >= 4 is 139 Å². The molecule has 0 saturated heterocycles. The Morgan fingerprint density at radius 2 is 1.06 bits per heavy atom. The van der Waals surface area contributed by atoms with Crippen molar-refractivity contribution in [3.63, 3.8) is 0 Å². The molecule has 1 fully saturated rings. The average molecular weight is 728 g/mol. The summed E-state index contributed by atoms with van der Waals surface area (Å²) in [7, 11) is 0. The number of hydrogen-bond donors (Lipinski definition) is 0. The van der Waals surface area contributed by atoms with Gasteiger partial charge < -0.3 is 0 Å². The number of benzene rings is 2. The minimum atomic E-state index is -1.48. The third-order valence-electron chi connectivity index (χ3n) is 6.63. The van der Waals surface area contributed by atoms with Gasteiger partial charge in [-0.3, -0.25) is 0 Å². The smallest absolute Gasteiger partial charge is 0.118 e. The fraction of sp³-hybridized carbons (Fsp3) is 0.333. The maximum Gasteiger partial charge on any atom is 0.201 e. The highest BCUT2D eigenvalue weighted by Crippen LogP contribution is 2.78. The van der Waals surface area contributed by atoms with Gasteiger partial charge in [0.25, 0.3) is 0 Å². The zero-order valence-corrected chi connectivity index (χ0v) is 26.7. The molecule has 2 aromatic carbocycles. The highest BCUT2D eigenvalue weighted by molar-refractivity contribution is 6.68. The summed E-state index contributed by atoms with van der Waals surface area (Å²) in [4.78, 5) is -2.45. The largest absolute Gasteiger partial charge is 0.201 e. The van der Waals surface area contributed by atoms with Crippen LogP contribution in [-0.4, -0.2) is 23.3 Å². The molecule has 36 heavy (non-hydrogen) atoms. The molecular weight excluding hydrogens is 714 g/mol. The molecular formula is C24H14Cl12. The molecule has 5 rings (SSSR count). The van der Waals surface area contributed by atoms with E-state index in [4.69, 9.17) is 139 Å². The first-order valence-corrected chi connectivity index (χ1v) is 14.9. The highest BCUT2D eigenvalue weighted by Gasteiger charge is 2.83. The van der Waals surface area contributed by atoms with Gasteiger partial charge in [0.15, 0.2) is 4.33 Å². The lowest BCUT2D eigenvalue weighted by atomic mass is 9.84. The molecule has 0 heterocycles. The number of allylic oxidation sites excluding steroid dienone is 4. The van der Waals surface area contributed by atoms with Crippen LogP contribution in [0.1, 0.15) is 17.0 Å². The van der Waals surface area contributed by atoms with Gasteiger partial charge in [-0.15, -0.1) is 34.8 Å². The van der Waals surface area contributed by atoms with Crippen molar-refractivity contribution in [1.82, 2.24) is 0 Å². The lowest BCUT2D eigenvalue weighted by Gasteiger charge is -2.34. The van der Waals surface area contributed by atoms with Crippen molar-refractivity contribution in [1.29, 1.82) is 0 Å². The lowest BCUT2D eigenvalue weighted by molar-refractivity contribution is 0.420. The Kier molecular flexibility index (Phi) is 8.99. The van der Waals surface area contributed by atoms with Gasteiger partial charge >= 0.3 is 0 Å². The molecule has 0 radical (unpaired) electrons. The van der Waals surface area contributed by atoms with E-state index in [-0.39, 0.29) is 33.2 Å². The summed E-state index contributed by atoms with van der Waals surface area (Å²) in [6.07, 6.45) is 3.69. The van der Waals surface area contributed by atoms with Crippen molar-refractivity contribution in [3.05, 3.63) is 91.9 Å². The number of rotatable bonds is 2. The molecule has 0 amide bonds. The molecule has 5 unspecified atom stereocenters. The first-order chi connectivity index (χ1) is 16.6. The van der Waals surface area contributed by atoms with E-state index in [0.717, 1.165) is 11.1 Å². The van der Waals surface area contributed by atoms with Crippen LogP contribution in [0.15, 0.2) is 70.7 Å². The van der Waals surface area contributed by atoms with Crippen LogP contribution in [0, 0.1) is 11.8 Å². The van der Waals surface area contributed by atoms with Gasteiger partial charge in [-0.1, -0.05) is 141 Å². The number of halogens is 12. The van der Waals surface area contributed by atoms with E-state index in [0.29, 0.717) is 10.0 Å². The van der Waals surface area contributed by atoms with Crippen molar-refractivity contribution in [2.75, 3.05) is 0 Å². The minimum absolute atomic E-state index is 0.205. The molecule has 12 heteroatoms. The summed E-state index contributed by atoms with van der Waals surface area (Å²) in [5.41, 5.74) is 1.76. The Labute approximate surface area is 269 Å². The number of fused-ring (bicyclic) bond motifs is 5. The van der Waals surface area contributed by atoms with Crippen molar-refractivity contribution < 1.29 is 0 Å². The van der Waals surface area contributed by atoms with Crippen LogP contribution in [-0.2, 0) is 0 Å². The van der Waals surface area contributed by atoms with Gasteiger partial charge in [0.05, 0.1) is 21.4 Å². The summed E-state index contributed by atoms with van der Waals surface area (Å²) >= 11 is 74.6. The first kappa shape index (κ1) is 30.4. The first-order valence-electron chi connectivity index (χ1n) is 10.3. The van der Waals surface area contributed by atoms with Crippen LogP contribution >= 0.6 is 139 Å². The Hall–Kier alpha value is 1.40. The van der Waals surface area contributed by atoms with Crippen LogP contribution in [0.25, 0.3) is 0 Å². The fourth-order valence-electron chi connectivity index (χ4n) is 4.96. The van der Waals surface area contributed by atoms with Crippen LogP contribution in [0.2, 0.25) is 10.0 Å². The summed E-state index contributed by atoms with van der Waals surface area (Å²) < 4.78 is -2.94. The quantitative estimate of drug-likeness (QED) is 0.213. The van der Waals surface area contributed by atoms with Gasteiger partial charge in [-0.2, -0.15) is 0 Å². The van der Waals surface area contributed by atoms with Crippen molar-refractivity contribution in [2.45, 2.75) is 29.2 Å². The van der Waals surface area contributed by atoms with E-state index in [1.54, 1.807) is 24.3 Å². The molecule has 2 bridgehead atoms. The Morgan fingerprint density at radius 3 is 1.47 bits per heavy atom. The Morgan fingerprint density at radius 1 is 0.639 bits per heavy atom. The topological polar surface area (TPSA) is 0 Å². The predicted octanol–water partition coefficient (Wildman–Crippen LogP) is 11.7. The van der Waals surface area contributed by atoms with Gasteiger partial charge in [0.2, 0.25) is 3.79 Å². The lowest BCUT2D eigenvalue weighted by Crippen LogP contribution is -2.45. The van der Waals surface area contributed by atoms with Gasteiger partial charge in [0, 0.05) is 21.9 Å². The third kappa shape index (κ3) is 4.70. The van der Waals surface area contributed by atoms with Gasteiger partial charge in [-0.05, 0) is 35.4 Å². The van der Waals surface area contributed by atoms with Crippen LogP contribution < -0.4 is 0 Å². The van der Waals surface area contributed by atoms with Crippen molar-refractivity contribution in [3.8, 4) is 0 Å². The van der Waals surface area contributed by atoms with Crippen LogP contribution in [0.3, 0.4) is 0 Å². The van der Waals surface area contributed by atoms with E-state index >= 15 is 0 Å². The molecule has 5 atom stereocenters. The van der Waals surface area contributed by atoms with E-state index in [9.17, 15) is 0 Å². The van der Waals surface area contributed by atoms with E-state index < -0.39 is 17.9 Å². The highest BCUT2D eigenvalue weighted by atomic mass is 35.6. The van der Waals surface area contributed by atoms with E-state index in [1.165, 1.54) is 0 Å². The van der Waals surface area contributed by atoms with Crippen molar-refractivity contribution in [2.24, 2.45) is 11.8 Å². The molecule has 3 aliphatic carbocycles. The maximum absolute atomic E-state index is 6.57. The third-order valence-corrected chi connectivity index (χ3v) is 12.5. The zero-order valence-electron chi connectivity index (χ0n) is 17.6. The van der Waals surface area contributed by atoms with Crippen LogP contribution in [0.4, 0.5) is 0 Å². The molecule has 0 N–H and O–H groups in total. The van der Waals surface area contributed by atoms with Gasteiger partial charge in [-0.25, -0.2) is 0 Å². The molecule has 0 aromatic heterocycles. The molecule has 3 aliphatic rings. The monoisotopic (exact) mass is 722 g/mol. The maximum atomic E-state index is 6.57. The Balaban J connectivity index is 0.000000170. The molecule has 0 spiro atoms. The molecule has 0 aliphatic heterocycles. The van der Waals surface area contributed by atoms with Gasteiger partial charge in [0.1, 0.15) is 9.75 Å². The van der Waals surface area contributed by atoms with E-state index in [1.807, 2.05) is 36.4 Å². The number of hydrogen-bond acceptors (Lipinski definition) is 0. The zero-order chi connectivity index (χ0) is 26.8. The summed E-state index contributed by atoms with van der Waals surface area (Å²) in [5.74, 6) is -0.852. The van der Waals surface area contributed by atoms with E-state index in [2.05, 4.69) is 0 Å². The second kappa shape index (κ2) is 10.7. The second-order valence-corrected chi connectivity index (χ2v) is 15.6. The summed E-state index contributed by atoms with van der Waals surface area (Å²) in [6, 6.07) is 14.5. The average Bonchev–Trinajstić information content (AvgIpc) is 3.29. The fourth-order valence-corrected chi connectivity index (χ4v) is 9.49.